The minimum absolute atomic E-state index is 0.227. The van der Waals surface area contributed by atoms with Crippen LogP contribution in [0.4, 0.5) is 0 Å². The van der Waals surface area contributed by atoms with Gasteiger partial charge in [-0.05, 0) is 338 Å². The predicted octanol–water partition coefficient (Wildman–Crippen LogP) is 34.1. The van der Waals surface area contributed by atoms with Crippen LogP contribution in [0.25, 0.3) is 0 Å². The van der Waals surface area contributed by atoms with Crippen LogP contribution in [0, 0.1) is 101 Å². The Morgan fingerprint density at radius 2 is 0.517 bits per heavy atom. The molecule has 0 aromatic heterocycles. The number of rotatable bonds is 17. The predicted molar refractivity (Wildman–Crippen MR) is 593 cm³/mol. The molecule has 10 aromatic rings. The Morgan fingerprint density at radius 1 is 0.283 bits per heavy atom. The Hall–Kier alpha value is -2.60. The van der Waals surface area contributed by atoms with E-state index in [2.05, 4.69) is 103 Å². The molecule has 0 spiro atoms. The van der Waals surface area contributed by atoms with Gasteiger partial charge in [-0.25, -0.2) is 0 Å². The van der Waals surface area contributed by atoms with E-state index in [1.54, 1.807) is 72.4 Å². The molecule has 12 fully saturated rings. The molecule has 12 saturated carbocycles. The van der Waals surface area contributed by atoms with Crippen LogP contribution in [0.2, 0.25) is 0 Å². The fourth-order valence-corrected chi connectivity index (χ4v) is 24.5. The topological polar surface area (TPSA) is 214 Å². The zero-order valence-electron chi connectivity index (χ0n) is 85.0. The van der Waals surface area contributed by atoms with E-state index in [1.807, 2.05) is 186 Å². The van der Waals surface area contributed by atoms with Crippen LogP contribution < -0.4 is 9.47 Å². The fourth-order valence-electron chi connectivity index (χ4n) is 24.5. The fraction of sp³-hybridized carbons (Fsp3) is 0.416. The van der Waals surface area contributed by atoms with Crippen molar-refractivity contribution in [2.75, 3.05) is 35.2 Å². The Bertz CT molecular complexity index is 5600. The summed E-state index contributed by atoms with van der Waals surface area (Å²) in [6.07, 6.45) is 33.7. The van der Waals surface area contributed by atoms with Gasteiger partial charge < -0.3 is 40.1 Å². The second-order valence-corrected chi connectivity index (χ2v) is 62.5. The zero-order valence-corrected chi connectivity index (χ0v) is 109. The quantitative estimate of drug-likeness (QED) is 0.0481. The number of phenolic OH excluding ortho intramolecular Hbond substituents is 6. The van der Waals surface area contributed by atoms with Crippen molar-refractivity contribution < 1.29 is 165 Å². The number of nitrogens with zero attached hydrogens (tertiary/aromatic N) is 6. The number of aliphatic imine (C=N–C) groups is 6. The van der Waals surface area contributed by atoms with Gasteiger partial charge in [0, 0.05) is 139 Å². The van der Waals surface area contributed by atoms with Gasteiger partial charge in [-0.1, -0.05) is 149 Å². The van der Waals surface area contributed by atoms with E-state index < -0.39 is 136 Å². The number of phenols is 6. The zero-order chi connectivity index (χ0) is 106. The van der Waals surface area contributed by atoms with Gasteiger partial charge >= 0.3 is 227 Å². The van der Waals surface area contributed by atoms with E-state index in [0.29, 0.717) is 57.9 Å². The average Bonchev–Trinajstić information content (AvgIpc) is 0.725. The number of ether oxygens (including phenoxy) is 2. The average molecular weight is 2680 g/mol. The van der Waals surface area contributed by atoms with Gasteiger partial charge in [0.1, 0.15) is 57.5 Å². The summed E-state index contributed by atoms with van der Waals surface area (Å²) >= 11 is -4.95. The standard InChI is InChI=1S/C32H35NO2.C23H23NO2.2C19H25NO.2C10H13NO.12ClH.6Zr/c1-32(2,26-9-5-3-6-10-26)29-19-28(35-27-11-7-4-8-12-27)18-25(31(29)34)20-33-30-23-14-21-13-22(16-23)17-24(30)15-21;1-23(2,18-10-6-4-7-11-18)21-15-20(14-17(16-24-3)22(21)25)26-19-12-8-5-9-13-19;2*1-12-3-16(11-20-2)18(21)17(4-12)19-8-13-5-14(9-19)7-15(6-13)10-19;2*1-7-4-8(2)10(12)9(5-7)6-11-3;;;;;;;;;;;;;;;;;;/h3-12,18-24,30,34H,13-17H2,1-2H3;4-16,25H,1-3H3;2*3-4,11,13-15,21H,5-10H2,1-2H3;2*4-6,12H,1-3H3;12*1H;;;;;;/q;;;;;;;;;;;;;;;;;;6*+2/p-12. The molecule has 22 rings (SSSR count). The molecule has 0 heterocycles. The minimum atomic E-state index is -0.826. The molecule has 14 nitrogen and oxygen atoms in total. The molecule has 12 aliphatic rings. The Labute approximate surface area is 973 Å². The van der Waals surface area contributed by atoms with Crippen LogP contribution in [-0.2, 0) is 147 Å². The monoisotopic (exact) mass is 2660 g/mol. The first-order chi connectivity index (χ1) is 69.5. The molecule has 32 heteroatoms. The number of aryl methyl sites for hydroxylation is 6. The first-order valence-corrected chi connectivity index (χ1v) is 86.5. The van der Waals surface area contributed by atoms with E-state index >= 15 is 0 Å². The van der Waals surface area contributed by atoms with Crippen LogP contribution in [0.1, 0.15) is 237 Å². The molecule has 6 N–H and O–H groups in total. The van der Waals surface area contributed by atoms with Crippen molar-refractivity contribution in [3.63, 3.8) is 0 Å². The summed E-state index contributed by atoms with van der Waals surface area (Å²) in [5.41, 5.74) is 17.4. The number of benzene rings is 10. The van der Waals surface area contributed by atoms with Crippen LogP contribution in [-0.4, -0.2) is 109 Å². The van der Waals surface area contributed by atoms with E-state index in [4.69, 9.17) is 117 Å². The van der Waals surface area contributed by atoms with Crippen LogP contribution in [0.3, 0.4) is 0 Å². The van der Waals surface area contributed by atoms with Crippen molar-refractivity contribution in [1.29, 1.82) is 0 Å². The number of halogens is 12. The third kappa shape index (κ3) is 37.3. The summed E-state index contributed by atoms with van der Waals surface area (Å²) in [7, 11) is 67.8. The Balaban J connectivity index is 0.000000211. The molecule has 0 unspecified atom stereocenters. The molecule has 0 saturated heterocycles. The summed E-state index contributed by atoms with van der Waals surface area (Å²) < 4.78 is 12.3. The van der Waals surface area contributed by atoms with E-state index in [9.17, 15) is 30.6 Å². The van der Waals surface area contributed by atoms with Gasteiger partial charge in [-0.2, -0.15) is 0 Å². The molecule has 0 amide bonds. The van der Waals surface area contributed by atoms with E-state index in [1.165, 1.54) is 131 Å². The van der Waals surface area contributed by atoms with Gasteiger partial charge in [-0.3, -0.25) is 30.0 Å². The SMILES string of the molecule is CC(C)(c1ccccc1)c1cc(Oc2ccccc2)cc(C=NC2C3CC4CC(C3)CC2C4)c1O.CN=Cc1cc(C)cc(C)c1O.CN=Cc1cc(C)cc(C)c1O.CN=Cc1cc(C)cc(C23CC4CC(CC(C4)C2)C3)c1O.CN=Cc1cc(C)cc(C23CC4CC(CC(C4)C2)C3)c1O.CN=Cc1cc(Oc2ccccc2)cc(C(C)(C)c2ccccc2)c1O.[Cl][Zr][Cl].[Cl][Zr][Cl].[Cl][Zr][Cl].[Cl][Zr][Cl].[Cl][Zr][Cl].[Cl][Zr][Cl]. The second kappa shape index (κ2) is 64.8. The van der Waals surface area contributed by atoms with Crippen molar-refractivity contribution >= 4 is 139 Å². The Morgan fingerprint density at radius 3 is 0.786 bits per heavy atom. The molecule has 12 aliphatic carbocycles. The number of hydrogen-bond donors (Lipinski definition) is 6. The molecule has 0 aliphatic heterocycles. The van der Waals surface area contributed by atoms with Gasteiger partial charge in [-0.15, -0.1) is 0 Å². The van der Waals surface area contributed by atoms with Crippen molar-refractivity contribution in [2.24, 2.45) is 89.1 Å². The van der Waals surface area contributed by atoms with E-state index in [0.717, 1.165) is 137 Å². The Kier molecular flexibility index (Phi) is 57.0. The number of hydrogen-bond acceptors (Lipinski definition) is 14. The van der Waals surface area contributed by atoms with Crippen molar-refractivity contribution in [3.8, 4) is 57.5 Å². The normalized spacial score (nSPS) is 22.0. The first kappa shape index (κ1) is 128. The van der Waals surface area contributed by atoms with Gasteiger partial charge in [0.2, 0.25) is 0 Å². The van der Waals surface area contributed by atoms with Gasteiger partial charge in [0.15, 0.2) is 0 Å². The third-order valence-electron chi connectivity index (χ3n) is 29.2. The summed E-state index contributed by atoms with van der Waals surface area (Å²) in [6.45, 7) is 20.5. The molecule has 0 atom stereocenters. The summed E-state index contributed by atoms with van der Waals surface area (Å²) in [5.74, 6) is 13.8. The third-order valence-corrected chi connectivity index (χ3v) is 29.2. The molecule has 12 bridgehead atoms. The molecule has 10 aromatic carbocycles. The summed E-state index contributed by atoms with van der Waals surface area (Å²) in [6, 6.07) is 64.3. The second-order valence-electron chi connectivity index (χ2n) is 40.1. The van der Waals surface area contributed by atoms with Crippen LogP contribution in [0.5, 0.6) is 57.5 Å². The summed E-state index contributed by atoms with van der Waals surface area (Å²) in [5, 5.41) is 63.1. The maximum absolute atomic E-state index is 11.5. The molecular weight excluding hydrogens is 2540 g/mol. The van der Waals surface area contributed by atoms with Crippen molar-refractivity contribution in [3.05, 3.63) is 294 Å². The van der Waals surface area contributed by atoms with E-state index in [-0.39, 0.29) is 16.6 Å². The van der Waals surface area contributed by atoms with Crippen LogP contribution in [0.15, 0.2) is 224 Å². The molecule has 0 radical (unpaired) electrons. The van der Waals surface area contributed by atoms with Crippen molar-refractivity contribution in [2.45, 2.75) is 206 Å². The molecular formula is C113H134Cl12N6O8Zr6. The van der Waals surface area contributed by atoms with Gasteiger partial charge in [0.25, 0.3) is 0 Å². The molecule has 145 heavy (non-hydrogen) atoms. The molecule has 772 valence electrons. The number of aromatic hydroxyl groups is 6. The summed E-state index contributed by atoms with van der Waals surface area (Å²) in [4.78, 5) is 25.2. The van der Waals surface area contributed by atoms with Gasteiger partial charge in [0.05, 0.1) is 6.04 Å². The van der Waals surface area contributed by atoms with Crippen LogP contribution >= 0.6 is 102 Å². The first-order valence-electron chi connectivity index (χ1n) is 48.5. The number of para-hydroxylation sites is 2. The van der Waals surface area contributed by atoms with Crippen molar-refractivity contribution in [1.82, 2.24) is 0 Å². The maximum atomic E-state index is 11.5.